The van der Waals surface area contributed by atoms with Crippen LogP contribution in [-0.2, 0) is 24.0 Å². The molecule has 0 atom stereocenters. The summed E-state index contributed by atoms with van der Waals surface area (Å²) < 4.78 is 48.4. The van der Waals surface area contributed by atoms with Gasteiger partial charge in [-0.3, -0.25) is 33.1 Å². The van der Waals surface area contributed by atoms with Crippen LogP contribution in [0.15, 0.2) is 36.7 Å². The molecular weight excluding hydrogens is 894 g/mol. The summed E-state index contributed by atoms with van der Waals surface area (Å²) in [6, 6.07) is 8.96. The first-order chi connectivity index (χ1) is 29.7. The van der Waals surface area contributed by atoms with Gasteiger partial charge in [-0.1, -0.05) is 12.8 Å². The number of nitrogens with zero attached hydrogens (tertiary/aromatic N) is 8. The third-order valence-electron chi connectivity index (χ3n) is 11.5. The largest absolute Gasteiger partial charge is 1.00 e. The molecule has 0 spiro atoms. The Morgan fingerprint density at radius 2 is 1.21 bits per heavy atom. The van der Waals surface area contributed by atoms with Crippen molar-refractivity contribution in [3.63, 3.8) is 0 Å². The molecule has 6 aliphatic rings. The van der Waals surface area contributed by atoms with E-state index in [9.17, 15) is 22.4 Å². The molecule has 0 radical (unpaired) electrons. The van der Waals surface area contributed by atoms with Crippen molar-refractivity contribution < 1.29 is 157 Å². The van der Waals surface area contributed by atoms with Gasteiger partial charge in [0.2, 0.25) is 0 Å². The van der Waals surface area contributed by atoms with E-state index in [1.165, 1.54) is 44.7 Å². The first-order valence-electron chi connectivity index (χ1n) is 21.7. The van der Waals surface area contributed by atoms with Crippen LogP contribution >= 0.6 is 0 Å². The maximum atomic E-state index is 12.7. The van der Waals surface area contributed by atoms with E-state index in [0.717, 1.165) is 101 Å². The second-order valence-electron chi connectivity index (χ2n) is 15.9. The number of hydrogen-bond acceptors (Lipinski definition) is 14. The van der Waals surface area contributed by atoms with Gasteiger partial charge >= 0.3 is 115 Å². The van der Waals surface area contributed by atoms with Gasteiger partial charge in [-0.2, -0.15) is 8.42 Å². The van der Waals surface area contributed by atoms with Crippen LogP contribution in [0.1, 0.15) is 65.6 Å². The second-order valence-corrected chi connectivity index (χ2v) is 17.5. The molecule has 4 amide bonds. The molecule has 0 bridgehead atoms. The van der Waals surface area contributed by atoms with Gasteiger partial charge in [0, 0.05) is 75.8 Å². The molecule has 63 heavy (non-hydrogen) atoms. The third kappa shape index (κ3) is 20.0. The van der Waals surface area contributed by atoms with Crippen molar-refractivity contribution >= 4 is 28.7 Å². The van der Waals surface area contributed by atoms with Gasteiger partial charge in [-0.15, -0.1) is 0 Å². The SMILES string of the molecule is CS(=O)(=O)OC1CN(C(=O)N2CCCN(C3CCC3)CC2)C1.Cc1ccc(O)cn1.Cc1ccc(OC2CN(C(=O)N3CCCN(C4CCC4)CC3)C2)cn1.O=CO[O-].[2H]CF.[H-].[K+].[K+]. The third-order valence-corrected chi connectivity index (χ3v) is 12.1. The molecule has 344 valence electrons. The number of amides is 4. The van der Waals surface area contributed by atoms with Gasteiger partial charge in [0.25, 0.3) is 16.6 Å². The Balaban J connectivity index is 0.000000481. The summed E-state index contributed by atoms with van der Waals surface area (Å²) in [5.74, 6) is 1.00. The van der Waals surface area contributed by atoms with E-state index < -0.39 is 17.3 Å². The number of alkyl halides is 1. The van der Waals surface area contributed by atoms with E-state index in [0.29, 0.717) is 26.2 Å². The van der Waals surface area contributed by atoms with Gasteiger partial charge in [0.1, 0.15) is 23.7 Å². The molecule has 6 fully saturated rings. The fourth-order valence-corrected chi connectivity index (χ4v) is 8.26. The van der Waals surface area contributed by atoms with Crippen molar-refractivity contribution in [1.82, 2.24) is 39.4 Å². The van der Waals surface area contributed by atoms with E-state index in [2.05, 4.69) is 24.7 Å². The predicted molar refractivity (Wildman–Crippen MR) is 224 cm³/mol. The number of hydrogen-bond donors (Lipinski definition) is 1. The van der Waals surface area contributed by atoms with E-state index >= 15 is 0 Å². The second kappa shape index (κ2) is 30.3. The average Bonchev–Trinajstić information content (AvgIpc) is 3.57. The van der Waals surface area contributed by atoms with Crippen molar-refractivity contribution in [3.8, 4) is 11.5 Å². The zero-order valence-corrected chi connectivity index (χ0v) is 44.7. The van der Waals surface area contributed by atoms with Crippen molar-refractivity contribution in [1.29, 1.82) is 0 Å². The molecule has 2 saturated carbocycles. The maximum absolute atomic E-state index is 12.7. The normalized spacial score (nSPS) is 19.8. The number of urea groups is 2. The molecule has 2 aromatic rings. The van der Waals surface area contributed by atoms with Crippen LogP contribution in [0.25, 0.3) is 0 Å². The molecule has 0 unspecified atom stereocenters. The molecule has 1 N–H and O–H groups in total. The summed E-state index contributed by atoms with van der Waals surface area (Å²) >= 11 is 0. The zero-order valence-electron chi connectivity index (χ0n) is 39.7. The van der Waals surface area contributed by atoms with Gasteiger partial charge < -0.3 is 41.0 Å². The minimum Gasteiger partial charge on any atom is -1.00 e. The summed E-state index contributed by atoms with van der Waals surface area (Å²) in [7, 11) is -4.44. The van der Waals surface area contributed by atoms with Crippen LogP contribution < -0.4 is 113 Å². The van der Waals surface area contributed by atoms with Crippen molar-refractivity contribution in [2.24, 2.45) is 0 Å². The summed E-state index contributed by atoms with van der Waals surface area (Å²) in [6.07, 6.45) is 14.0. The molecule has 2 aliphatic carbocycles. The number of carbonyl (C=O) groups excluding carboxylic acids is 3. The summed E-state index contributed by atoms with van der Waals surface area (Å²) in [5.41, 5.74) is 1.90. The molecule has 8 rings (SSSR count). The van der Waals surface area contributed by atoms with Gasteiger partial charge in [-0.25, -0.2) is 9.59 Å². The Kier molecular flexibility index (Phi) is 27.1. The average molecular weight is 960 g/mol. The van der Waals surface area contributed by atoms with Gasteiger partial charge in [0.15, 0.2) is 0 Å². The quantitative estimate of drug-likeness (QED) is 0.0952. The Labute approximate surface area is 460 Å². The summed E-state index contributed by atoms with van der Waals surface area (Å²) in [5, 5.41) is 17.1. The molecule has 4 aliphatic heterocycles. The number of carbonyl (C=O) groups is 3. The van der Waals surface area contributed by atoms with E-state index in [1.807, 2.05) is 40.7 Å². The molecule has 22 heteroatoms. The van der Waals surface area contributed by atoms with Crippen molar-refractivity contribution in [3.05, 3.63) is 48.0 Å². The first-order valence-corrected chi connectivity index (χ1v) is 22.8. The van der Waals surface area contributed by atoms with Crippen LogP contribution in [0.4, 0.5) is 14.0 Å². The number of aryl methyl sites for hydroxylation is 2. The van der Waals surface area contributed by atoms with E-state index in [1.54, 1.807) is 23.2 Å². The topological polar surface area (TPSA) is 202 Å². The summed E-state index contributed by atoms with van der Waals surface area (Å²) in [4.78, 5) is 57.1. The monoisotopic (exact) mass is 959 g/mol. The Hall–Kier alpha value is -1.10. The van der Waals surface area contributed by atoms with Gasteiger partial charge in [-0.05, 0) is 76.6 Å². The maximum Gasteiger partial charge on any atom is 1.00 e. The number of aromatic nitrogens is 2. The number of aromatic hydroxyl groups is 1. The Morgan fingerprint density at radius 1 is 0.762 bits per heavy atom. The Morgan fingerprint density at radius 3 is 1.56 bits per heavy atom. The molecule has 6 heterocycles. The van der Waals surface area contributed by atoms with Crippen LogP contribution in [0, 0.1) is 13.8 Å². The minimum atomic E-state index is -3.44. The number of rotatable bonds is 7. The van der Waals surface area contributed by atoms with Crippen LogP contribution in [0.5, 0.6) is 11.5 Å². The smallest absolute Gasteiger partial charge is 1.00 e. The van der Waals surface area contributed by atoms with Crippen LogP contribution in [0.3, 0.4) is 0 Å². The standard InChI is InChI=1S/C19H28N4O2.C14H25N3O4S.C6H7NO.CH3F.CH2O3.2K.H/c1-15-6-7-17(12-20-15)25-18-13-23(14-18)19(24)22-9-3-8-21(10-11-22)16-4-2-5-16;1-22(19,20)21-13-10-17(11-13)14(18)16-7-3-6-15(8-9-16)12-4-2-5-12;1-5-2-3-6(8)4-7-5;1-2;2-1-4-3;;;/h6-7,12,16,18H,2-5,8-11,13-14H2,1H3;12-13H,2-11H2,1H3;2-4,8H,1H3;1H3;1,3H;;;/q;;;;;2*+1;-1/p-1/i;;;1D;;;;. The molecule has 0 aromatic carbocycles. The van der Waals surface area contributed by atoms with E-state index in [4.69, 9.17) is 25.4 Å². The van der Waals surface area contributed by atoms with Crippen molar-refractivity contribution in [2.45, 2.75) is 89.5 Å². The molecule has 4 saturated heterocycles. The number of ether oxygens (including phenoxy) is 1. The number of pyridine rings is 2. The van der Waals surface area contributed by atoms with E-state index in [-0.39, 0.29) is 141 Å². The molecule has 2 aromatic heterocycles. The minimum absolute atomic E-state index is 0. The summed E-state index contributed by atoms with van der Waals surface area (Å²) in [6.45, 7) is 13.2. The zero-order chi connectivity index (χ0) is 45.1. The first kappa shape index (κ1) is 56.2. The van der Waals surface area contributed by atoms with Crippen LogP contribution in [0.2, 0.25) is 0 Å². The fraction of sp³-hybridized carbons (Fsp3) is 0.683. The number of likely N-dealkylation sites (tertiary alicyclic amines) is 2. The van der Waals surface area contributed by atoms with Gasteiger partial charge in [0.05, 0.1) is 53.4 Å². The van der Waals surface area contributed by atoms with Crippen LogP contribution in [-0.4, -0.2) is 188 Å². The van der Waals surface area contributed by atoms with Crippen molar-refractivity contribution in [2.75, 3.05) is 91.9 Å². The predicted octanol–water partition coefficient (Wildman–Crippen LogP) is -3.30. The number of halogens is 1. The Bertz CT molecular complexity index is 1750. The molecular formula is C41H65FK2N8O10S. The fourth-order valence-electron chi connectivity index (χ4n) is 7.64. The molecule has 18 nitrogen and oxygen atoms in total.